The van der Waals surface area contributed by atoms with Crippen molar-refractivity contribution in [2.45, 2.75) is 38.6 Å². The predicted molar refractivity (Wildman–Crippen MR) is 136 cm³/mol. The number of amides is 2. The van der Waals surface area contributed by atoms with Gasteiger partial charge in [-0.05, 0) is 31.9 Å². The van der Waals surface area contributed by atoms with E-state index < -0.39 is 0 Å². The van der Waals surface area contributed by atoms with Crippen LogP contribution in [0.1, 0.15) is 48.8 Å². The third-order valence-corrected chi connectivity index (χ3v) is 6.49. The molecule has 0 radical (unpaired) electrons. The molecular formula is C26H27N9O2. The zero-order valence-corrected chi connectivity index (χ0v) is 20.9. The molecule has 1 aliphatic rings. The summed E-state index contributed by atoms with van der Waals surface area (Å²) in [5, 5.41) is 11.0. The van der Waals surface area contributed by atoms with Gasteiger partial charge in [-0.15, -0.1) is 5.10 Å². The number of piperidine rings is 1. The van der Waals surface area contributed by atoms with Gasteiger partial charge in [0.1, 0.15) is 23.0 Å². The molecule has 11 nitrogen and oxygen atoms in total. The van der Waals surface area contributed by atoms with Gasteiger partial charge in [-0.2, -0.15) is 0 Å². The second-order valence-corrected chi connectivity index (χ2v) is 9.19. The zero-order valence-electron chi connectivity index (χ0n) is 20.9. The van der Waals surface area contributed by atoms with Crippen molar-refractivity contribution in [1.82, 2.24) is 39.8 Å². The number of nitrogens with one attached hydrogen (secondary N) is 1. The Bertz CT molecular complexity index is 1440. The number of aromatic nitrogens is 7. The van der Waals surface area contributed by atoms with Crippen molar-refractivity contribution in [3.63, 3.8) is 0 Å². The molecule has 11 heteroatoms. The highest BCUT2D eigenvalue weighted by Gasteiger charge is 2.30. The van der Waals surface area contributed by atoms with Gasteiger partial charge in [-0.3, -0.25) is 24.2 Å². The van der Waals surface area contributed by atoms with Crippen molar-refractivity contribution in [3.05, 3.63) is 66.5 Å². The summed E-state index contributed by atoms with van der Waals surface area (Å²) in [5.74, 6) is 0.563. The van der Waals surface area contributed by atoms with E-state index in [1.54, 1.807) is 67.7 Å². The van der Waals surface area contributed by atoms with Crippen LogP contribution in [0.3, 0.4) is 0 Å². The van der Waals surface area contributed by atoms with E-state index in [0.29, 0.717) is 40.8 Å². The Morgan fingerprint density at radius 1 is 1.05 bits per heavy atom. The molecule has 4 heterocycles. The summed E-state index contributed by atoms with van der Waals surface area (Å²) in [6.07, 6.45) is 8.27. The van der Waals surface area contributed by atoms with Gasteiger partial charge in [0, 0.05) is 62.1 Å². The molecule has 188 valence electrons. The van der Waals surface area contributed by atoms with Gasteiger partial charge in [-0.1, -0.05) is 17.3 Å². The van der Waals surface area contributed by atoms with Crippen LogP contribution < -0.4 is 5.32 Å². The molecule has 5 rings (SSSR count). The Morgan fingerprint density at radius 2 is 1.92 bits per heavy atom. The van der Waals surface area contributed by atoms with Crippen LogP contribution in [0.4, 0.5) is 5.82 Å². The average Bonchev–Trinajstić information content (AvgIpc) is 3.35. The van der Waals surface area contributed by atoms with Gasteiger partial charge in [0.2, 0.25) is 5.91 Å². The van der Waals surface area contributed by atoms with Gasteiger partial charge >= 0.3 is 0 Å². The lowest BCUT2D eigenvalue weighted by Gasteiger charge is -2.37. The van der Waals surface area contributed by atoms with Crippen LogP contribution in [0.15, 0.2) is 55.1 Å². The minimum atomic E-state index is -0.317. The SMILES string of the molecule is CC(=O)N1C[C@H](c2nc(NC(=O)c3cccc(-c4cn(C)nn4)c3)cc(-c3cnccn3)n2)CC[C@@H]1C. The van der Waals surface area contributed by atoms with E-state index in [2.05, 4.69) is 32.5 Å². The molecule has 0 saturated carbocycles. The van der Waals surface area contributed by atoms with E-state index >= 15 is 0 Å². The summed E-state index contributed by atoms with van der Waals surface area (Å²) >= 11 is 0. The number of benzene rings is 1. The topological polar surface area (TPSA) is 132 Å². The Kier molecular flexibility index (Phi) is 6.67. The maximum Gasteiger partial charge on any atom is 0.256 e. The number of likely N-dealkylation sites (tertiary alicyclic amines) is 1. The van der Waals surface area contributed by atoms with E-state index in [9.17, 15) is 9.59 Å². The van der Waals surface area contributed by atoms with Crippen molar-refractivity contribution in [1.29, 1.82) is 0 Å². The fourth-order valence-corrected chi connectivity index (χ4v) is 4.52. The Morgan fingerprint density at radius 3 is 2.65 bits per heavy atom. The smallest absolute Gasteiger partial charge is 0.256 e. The standard InChI is InChI=1S/C26H27N9O2/c1-16-7-8-20(14-35(16)17(2)36)25-29-21(22-13-27-9-10-28-22)12-24(30-25)31-26(37)19-6-4-5-18(11-19)23-15-34(3)33-32-23/h4-6,9-13,15-16,20H,7-8,14H2,1-3H3,(H,29,30,31,37)/t16-,20+/m0/s1. The molecule has 0 bridgehead atoms. The number of hydrogen-bond acceptors (Lipinski definition) is 8. The van der Waals surface area contributed by atoms with Crippen LogP contribution in [0.5, 0.6) is 0 Å². The molecular weight excluding hydrogens is 470 g/mol. The third-order valence-electron chi connectivity index (χ3n) is 6.49. The summed E-state index contributed by atoms with van der Waals surface area (Å²) in [6, 6.07) is 9.02. The fraction of sp³-hybridized carbons (Fsp3) is 0.308. The lowest BCUT2D eigenvalue weighted by Crippen LogP contribution is -2.44. The minimum Gasteiger partial charge on any atom is -0.340 e. The lowest BCUT2D eigenvalue weighted by atomic mass is 9.92. The highest BCUT2D eigenvalue weighted by atomic mass is 16.2. The van der Waals surface area contributed by atoms with Gasteiger partial charge in [0.25, 0.3) is 5.91 Å². The second kappa shape index (κ2) is 10.2. The predicted octanol–water partition coefficient (Wildman–Crippen LogP) is 3.10. The van der Waals surface area contributed by atoms with Gasteiger partial charge in [0.05, 0.1) is 18.1 Å². The third kappa shape index (κ3) is 5.35. The minimum absolute atomic E-state index is 0.0267. The van der Waals surface area contributed by atoms with Gasteiger partial charge < -0.3 is 10.2 Å². The number of hydrogen-bond donors (Lipinski definition) is 1. The van der Waals surface area contributed by atoms with Crippen molar-refractivity contribution >= 4 is 17.6 Å². The summed E-state index contributed by atoms with van der Waals surface area (Å²) in [7, 11) is 1.79. The van der Waals surface area contributed by atoms with Crippen LogP contribution in [-0.4, -0.2) is 64.2 Å². The number of aryl methyl sites for hydroxylation is 1. The molecule has 37 heavy (non-hydrogen) atoms. The van der Waals surface area contributed by atoms with E-state index in [0.717, 1.165) is 18.4 Å². The van der Waals surface area contributed by atoms with Gasteiger partial charge in [0.15, 0.2) is 0 Å². The highest BCUT2D eigenvalue weighted by Crippen LogP contribution is 2.30. The quantitative estimate of drug-likeness (QED) is 0.445. The Balaban J connectivity index is 1.46. The Hall–Kier alpha value is -4.54. The van der Waals surface area contributed by atoms with E-state index in [-0.39, 0.29) is 23.8 Å². The molecule has 0 unspecified atom stereocenters. The lowest BCUT2D eigenvalue weighted by molar-refractivity contribution is -0.132. The highest BCUT2D eigenvalue weighted by molar-refractivity contribution is 6.04. The van der Waals surface area contributed by atoms with Crippen molar-refractivity contribution in [2.75, 3.05) is 11.9 Å². The summed E-state index contributed by atoms with van der Waals surface area (Å²) < 4.78 is 1.61. The van der Waals surface area contributed by atoms with Crippen molar-refractivity contribution < 1.29 is 9.59 Å². The molecule has 0 aliphatic carbocycles. The summed E-state index contributed by atoms with van der Waals surface area (Å²) in [5.41, 5.74) is 3.03. The van der Waals surface area contributed by atoms with Crippen LogP contribution >= 0.6 is 0 Å². The second-order valence-electron chi connectivity index (χ2n) is 9.19. The molecule has 0 spiro atoms. The maximum atomic E-state index is 13.2. The maximum absolute atomic E-state index is 13.2. The van der Waals surface area contributed by atoms with E-state index in [1.807, 2.05) is 11.0 Å². The van der Waals surface area contributed by atoms with Crippen molar-refractivity contribution in [2.24, 2.45) is 7.05 Å². The molecule has 1 aliphatic heterocycles. The van der Waals surface area contributed by atoms with Crippen LogP contribution in [0.2, 0.25) is 0 Å². The average molecular weight is 498 g/mol. The fourth-order valence-electron chi connectivity index (χ4n) is 4.52. The first kappa shape index (κ1) is 24.2. The van der Waals surface area contributed by atoms with E-state index in [1.165, 1.54) is 0 Å². The number of carbonyl (C=O) groups excluding carboxylic acids is 2. The molecule has 3 aromatic heterocycles. The monoisotopic (exact) mass is 497 g/mol. The Labute approximate surface area is 214 Å². The number of rotatable bonds is 5. The molecule has 2 amide bonds. The van der Waals surface area contributed by atoms with Crippen molar-refractivity contribution in [3.8, 4) is 22.6 Å². The summed E-state index contributed by atoms with van der Waals surface area (Å²) in [4.78, 5) is 45.2. The van der Waals surface area contributed by atoms with Gasteiger partial charge in [-0.25, -0.2) is 9.97 Å². The molecule has 1 N–H and O–H groups in total. The first-order chi connectivity index (χ1) is 17.9. The van der Waals surface area contributed by atoms with E-state index in [4.69, 9.17) is 9.97 Å². The number of anilines is 1. The van der Waals surface area contributed by atoms with Crippen LogP contribution in [-0.2, 0) is 11.8 Å². The largest absolute Gasteiger partial charge is 0.340 e. The first-order valence-electron chi connectivity index (χ1n) is 12.1. The van der Waals surface area contributed by atoms with Crippen LogP contribution in [0, 0.1) is 0 Å². The van der Waals surface area contributed by atoms with Crippen LogP contribution in [0.25, 0.3) is 22.6 Å². The molecule has 1 saturated heterocycles. The molecule has 2 atom stereocenters. The molecule has 1 aromatic carbocycles. The zero-order chi connectivity index (χ0) is 25.9. The molecule has 4 aromatic rings. The molecule has 1 fully saturated rings. The normalized spacial score (nSPS) is 17.4. The number of carbonyl (C=O) groups is 2. The first-order valence-corrected chi connectivity index (χ1v) is 12.1. The summed E-state index contributed by atoms with van der Waals surface area (Å²) in [6.45, 7) is 4.15. The number of nitrogens with zero attached hydrogens (tertiary/aromatic N) is 8.